The molecule has 0 aromatic carbocycles. The van der Waals surface area contributed by atoms with E-state index in [0.717, 1.165) is 12.8 Å². The molecule has 0 aromatic rings. The molecule has 0 heterocycles. The summed E-state index contributed by atoms with van der Waals surface area (Å²) >= 11 is 0. The summed E-state index contributed by atoms with van der Waals surface area (Å²) in [6, 6.07) is 0. The molecule has 0 aliphatic heterocycles. The highest BCUT2D eigenvalue weighted by atomic mass is 16.5. The van der Waals surface area contributed by atoms with E-state index in [2.05, 4.69) is 19.1 Å². The van der Waals surface area contributed by atoms with Gasteiger partial charge in [-0.1, -0.05) is 31.9 Å². The van der Waals surface area contributed by atoms with Crippen molar-refractivity contribution in [3.63, 3.8) is 0 Å². The fraction of sp³-hybridized carbons (Fsp3) is 0.727. The van der Waals surface area contributed by atoms with Gasteiger partial charge in [0.05, 0.1) is 0 Å². The van der Waals surface area contributed by atoms with Gasteiger partial charge in [-0.05, 0) is 13.3 Å². The highest BCUT2D eigenvalue weighted by molar-refractivity contribution is 5.66. The summed E-state index contributed by atoms with van der Waals surface area (Å²) < 4.78 is 4.97. The lowest BCUT2D eigenvalue weighted by molar-refractivity contribution is -0.145. The van der Waals surface area contributed by atoms with Crippen molar-refractivity contribution < 1.29 is 9.53 Å². The van der Waals surface area contributed by atoms with Crippen molar-refractivity contribution >= 4 is 5.97 Å². The van der Waals surface area contributed by atoms with Crippen LogP contribution in [-0.2, 0) is 9.53 Å². The third kappa shape index (κ3) is 9.12. The number of carbonyl (C=O) groups excluding carboxylic acids is 1. The topological polar surface area (TPSA) is 26.3 Å². The average Bonchev–Trinajstić information content (AvgIpc) is 2.02. The van der Waals surface area contributed by atoms with Crippen molar-refractivity contribution in [2.75, 3.05) is 0 Å². The Morgan fingerprint density at radius 3 is 2.69 bits per heavy atom. The molecule has 13 heavy (non-hydrogen) atoms. The minimum atomic E-state index is -0.200. The van der Waals surface area contributed by atoms with Crippen LogP contribution in [0.15, 0.2) is 12.2 Å². The smallest absolute Gasteiger partial charge is 0.302 e. The number of unbranched alkanes of at least 4 members (excludes halogenated alkanes) is 2. The summed E-state index contributed by atoms with van der Waals surface area (Å²) in [6.07, 6.45) is 8.66. The molecule has 0 amide bonds. The number of hydrogen-bond acceptors (Lipinski definition) is 2. The number of carbonyl (C=O) groups is 1. The van der Waals surface area contributed by atoms with Crippen molar-refractivity contribution in [3.8, 4) is 0 Å². The summed E-state index contributed by atoms with van der Waals surface area (Å²) in [5.74, 6) is -0.200. The third-order valence-electron chi connectivity index (χ3n) is 1.73. The van der Waals surface area contributed by atoms with Gasteiger partial charge >= 0.3 is 5.97 Å². The molecule has 0 fully saturated rings. The van der Waals surface area contributed by atoms with Crippen LogP contribution >= 0.6 is 0 Å². The molecule has 0 radical (unpaired) electrons. The Labute approximate surface area is 81.0 Å². The lowest BCUT2D eigenvalue weighted by Gasteiger charge is -2.08. The largest absolute Gasteiger partial charge is 0.463 e. The second-order valence-corrected chi connectivity index (χ2v) is 3.27. The maximum absolute atomic E-state index is 10.5. The van der Waals surface area contributed by atoms with Crippen molar-refractivity contribution in [1.82, 2.24) is 0 Å². The monoisotopic (exact) mass is 184 g/mol. The summed E-state index contributed by atoms with van der Waals surface area (Å²) in [5.41, 5.74) is 0. The van der Waals surface area contributed by atoms with E-state index in [1.807, 2.05) is 6.92 Å². The van der Waals surface area contributed by atoms with Gasteiger partial charge < -0.3 is 4.74 Å². The molecule has 0 aliphatic rings. The molecule has 76 valence electrons. The Bertz CT molecular complexity index is 161. The average molecular weight is 184 g/mol. The molecular formula is C11H20O2. The first-order valence-corrected chi connectivity index (χ1v) is 4.99. The van der Waals surface area contributed by atoms with Crippen LogP contribution in [0.3, 0.4) is 0 Å². The van der Waals surface area contributed by atoms with Crippen molar-refractivity contribution in [1.29, 1.82) is 0 Å². The molecule has 2 nitrogen and oxygen atoms in total. The Morgan fingerprint density at radius 2 is 2.15 bits per heavy atom. The van der Waals surface area contributed by atoms with Crippen LogP contribution in [0.5, 0.6) is 0 Å². The summed E-state index contributed by atoms with van der Waals surface area (Å²) in [4.78, 5) is 10.5. The lowest BCUT2D eigenvalue weighted by atomic mass is 10.2. The lowest BCUT2D eigenvalue weighted by Crippen LogP contribution is -2.10. The number of hydrogen-bond donors (Lipinski definition) is 0. The Balaban J connectivity index is 3.39. The molecule has 0 saturated carbocycles. The minimum absolute atomic E-state index is 0.00961. The molecule has 2 heteroatoms. The van der Waals surface area contributed by atoms with E-state index < -0.39 is 0 Å². The first-order valence-electron chi connectivity index (χ1n) is 4.99. The Morgan fingerprint density at radius 1 is 1.46 bits per heavy atom. The molecule has 0 bridgehead atoms. The number of esters is 1. The Hall–Kier alpha value is -0.790. The minimum Gasteiger partial charge on any atom is -0.463 e. The van der Waals surface area contributed by atoms with Crippen molar-refractivity contribution in [3.05, 3.63) is 12.2 Å². The normalized spacial score (nSPS) is 13.2. The van der Waals surface area contributed by atoms with Gasteiger partial charge in [0.2, 0.25) is 0 Å². The van der Waals surface area contributed by atoms with Crippen LogP contribution in [0.1, 0.15) is 46.5 Å². The molecule has 1 atom stereocenters. The predicted octanol–water partition coefficient (Wildman–Crippen LogP) is 3.07. The molecule has 0 aromatic heterocycles. The van der Waals surface area contributed by atoms with Gasteiger partial charge in [0.1, 0.15) is 6.10 Å². The fourth-order valence-electron chi connectivity index (χ4n) is 1.06. The van der Waals surface area contributed by atoms with E-state index in [0.29, 0.717) is 0 Å². The highest BCUT2D eigenvalue weighted by Crippen LogP contribution is 2.01. The molecule has 0 saturated heterocycles. The van der Waals surface area contributed by atoms with E-state index in [9.17, 15) is 4.79 Å². The second-order valence-electron chi connectivity index (χ2n) is 3.27. The van der Waals surface area contributed by atoms with Gasteiger partial charge in [-0.15, -0.1) is 0 Å². The summed E-state index contributed by atoms with van der Waals surface area (Å²) in [5, 5.41) is 0. The van der Waals surface area contributed by atoms with Gasteiger partial charge in [-0.25, -0.2) is 0 Å². The van der Waals surface area contributed by atoms with Gasteiger partial charge in [-0.3, -0.25) is 4.79 Å². The van der Waals surface area contributed by atoms with Gasteiger partial charge in [0.15, 0.2) is 0 Å². The first-order chi connectivity index (χ1) is 6.16. The zero-order valence-corrected chi connectivity index (χ0v) is 8.88. The van der Waals surface area contributed by atoms with Gasteiger partial charge in [-0.2, -0.15) is 0 Å². The molecule has 1 unspecified atom stereocenters. The van der Waals surface area contributed by atoms with E-state index in [4.69, 9.17) is 4.74 Å². The molecule has 0 rings (SSSR count). The SMILES string of the molecule is CCCCC=CCC(C)OC(C)=O. The highest BCUT2D eigenvalue weighted by Gasteiger charge is 2.01. The van der Waals surface area contributed by atoms with E-state index in [1.54, 1.807) is 0 Å². The third-order valence-corrected chi connectivity index (χ3v) is 1.73. The molecule has 0 spiro atoms. The number of allylic oxidation sites excluding steroid dienone is 1. The second kappa shape index (κ2) is 7.84. The quantitative estimate of drug-likeness (QED) is 0.360. The maximum Gasteiger partial charge on any atom is 0.302 e. The summed E-state index contributed by atoms with van der Waals surface area (Å²) in [6.45, 7) is 5.53. The predicted molar refractivity (Wildman–Crippen MR) is 54.5 cm³/mol. The molecule has 0 aliphatic carbocycles. The van der Waals surface area contributed by atoms with Crippen LogP contribution in [0, 0.1) is 0 Å². The fourth-order valence-corrected chi connectivity index (χ4v) is 1.06. The van der Waals surface area contributed by atoms with Crippen molar-refractivity contribution in [2.24, 2.45) is 0 Å². The Kier molecular flexibility index (Phi) is 7.36. The van der Waals surface area contributed by atoms with E-state index in [-0.39, 0.29) is 12.1 Å². The summed E-state index contributed by atoms with van der Waals surface area (Å²) in [7, 11) is 0. The van der Waals surface area contributed by atoms with E-state index >= 15 is 0 Å². The van der Waals surface area contributed by atoms with E-state index in [1.165, 1.54) is 19.8 Å². The van der Waals surface area contributed by atoms with Crippen LogP contribution in [0.2, 0.25) is 0 Å². The first kappa shape index (κ1) is 12.2. The molecular weight excluding hydrogens is 164 g/mol. The number of rotatable bonds is 6. The zero-order chi connectivity index (χ0) is 10.1. The zero-order valence-electron chi connectivity index (χ0n) is 8.88. The van der Waals surface area contributed by atoms with Crippen LogP contribution in [0.25, 0.3) is 0 Å². The van der Waals surface area contributed by atoms with Crippen molar-refractivity contribution in [2.45, 2.75) is 52.6 Å². The maximum atomic E-state index is 10.5. The van der Waals surface area contributed by atoms with Crippen LogP contribution in [0.4, 0.5) is 0 Å². The number of ether oxygens (including phenoxy) is 1. The van der Waals surface area contributed by atoms with Gasteiger partial charge in [0, 0.05) is 13.3 Å². The molecule has 0 N–H and O–H groups in total. The van der Waals surface area contributed by atoms with Crippen LogP contribution < -0.4 is 0 Å². The standard InChI is InChI=1S/C11H20O2/c1-4-5-6-7-8-9-10(2)13-11(3)12/h7-8,10H,4-6,9H2,1-3H3. The van der Waals surface area contributed by atoms with Gasteiger partial charge in [0.25, 0.3) is 0 Å². The van der Waals surface area contributed by atoms with Crippen LogP contribution in [-0.4, -0.2) is 12.1 Å².